The normalized spacial score (nSPS) is 12.0. The van der Waals surface area contributed by atoms with E-state index < -0.39 is 6.10 Å². The lowest BCUT2D eigenvalue weighted by Gasteiger charge is -2.18. The number of ether oxygens (including phenoxy) is 3. The van der Waals surface area contributed by atoms with Gasteiger partial charge in [0.15, 0.2) is 6.10 Å². The molecule has 0 aromatic heterocycles. The topological polar surface area (TPSA) is 78.9 Å². The number of rotatable bonds is 48. The van der Waals surface area contributed by atoms with Gasteiger partial charge in [-0.2, -0.15) is 0 Å². The van der Waals surface area contributed by atoms with Crippen LogP contribution in [-0.2, 0) is 28.6 Å². The van der Waals surface area contributed by atoms with Crippen LogP contribution in [0.2, 0.25) is 0 Å². The number of allylic oxidation sites excluding steroid dienone is 2. The average Bonchev–Trinajstić information content (AvgIpc) is 3.23. The van der Waals surface area contributed by atoms with Crippen LogP contribution in [0.5, 0.6) is 0 Å². The van der Waals surface area contributed by atoms with Crippen LogP contribution in [-0.4, -0.2) is 37.2 Å². The van der Waals surface area contributed by atoms with E-state index in [1.54, 1.807) is 0 Å². The third-order valence-corrected chi connectivity index (χ3v) is 11.8. The SMILES string of the molecule is CCCC/C=C\CCCCCCCC(=O)OC[C@H](COC(=O)CCCCCCCCCCCCC)OC(=O)CCCCCCCCCCCCCCCCCCCCC. The van der Waals surface area contributed by atoms with Crippen LogP contribution in [0, 0.1) is 0 Å². The van der Waals surface area contributed by atoms with E-state index in [1.165, 1.54) is 186 Å². The molecule has 0 aliphatic carbocycles. The van der Waals surface area contributed by atoms with Crippen LogP contribution in [0.3, 0.4) is 0 Å². The minimum Gasteiger partial charge on any atom is -0.462 e. The first-order valence-corrected chi connectivity index (χ1v) is 26.2. The molecule has 0 aromatic carbocycles. The maximum atomic E-state index is 12.8. The summed E-state index contributed by atoms with van der Waals surface area (Å²) >= 11 is 0. The molecule has 0 aliphatic rings. The van der Waals surface area contributed by atoms with E-state index in [-0.39, 0.29) is 31.1 Å². The lowest BCUT2D eigenvalue weighted by atomic mass is 10.0. The quantitative estimate of drug-likeness (QED) is 0.0263. The van der Waals surface area contributed by atoms with Crippen molar-refractivity contribution in [3.8, 4) is 0 Å². The summed E-state index contributed by atoms with van der Waals surface area (Å²) in [5.74, 6) is -0.862. The Balaban J connectivity index is 4.26. The van der Waals surface area contributed by atoms with Crippen molar-refractivity contribution in [2.24, 2.45) is 0 Å². The summed E-state index contributed by atoms with van der Waals surface area (Å²) < 4.78 is 16.8. The van der Waals surface area contributed by atoms with E-state index in [0.29, 0.717) is 19.3 Å². The van der Waals surface area contributed by atoms with E-state index in [1.807, 2.05) is 0 Å². The average molecular weight is 833 g/mol. The number of hydrogen-bond acceptors (Lipinski definition) is 6. The van der Waals surface area contributed by atoms with Gasteiger partial charge in [-0.05, 0) is 38.5 Å². The summed E-state index contributed by atoms with van der Waals surface area (Å²) in [6.07, 6.45) is 53.4. The molecule has 0 saturated heterocycles. The summed E-state index contributed by atoms with van der Waals surface area (Å²) in [5, 5.41) is 0. The molecule has 6 heteroatoms. The van der Waals surface area contributed by atoms with Crippen LogP contribution in [0.1, 0.15) is 290 Å². The molecule has 0 heterocycles. The lowest BCUT2D eigenvalue weighted by molar-refractivity contribution is -0.167. The van der Waals surface area contributed by atoms with Crippen LogP contribution in [0.25, 0.3) is 0 Å². The van der Waals surface area contributed by atoms with Gasteiger partial charge in [0, 0.05) is 19.3 Å². The number of carbonyl (C=O) groups excluding carboxylic acids is 3. The van der Waals surface area contributed by atoms with Crippen LogP contribution in [0.4, 0.5) is 0 Å². The zero-order valence-corrected chi connectivity index (χ0v) is 39.8. The second-order valence-corrected chi connectivity index (χ2v) is 17.8. The van der Waals surface area contributed by atoms with Gasteiger partial charge in [-0.1, -0.05) is 245 Å². The molecule has 0 fully saturated rings. The third kappa shape index (κ3) is 47.1. The van der Waals surface area contributed by atoms with Gasteiger partial charge >= 0.3 is 17.9 Å². The van der Waals surface area contributed by atoms with Crippen LogP contribution in [0.15, 0.2) is 12.2 Å². The van der Waals surface area contributed by atoms with Crippen molar-refractivity contribution in [3.63, 3.8) is 0 Å². The highest BCUT2D eigenvalue weighted by Gasteiger charge is 2.19. The molecule has 0 radical (unpaired) electrons. The Morgan fingerprint density at radius 1 is 0.322 bits per heavy atom. The second kappa shape index (κ2) is 48.8. The molecule has 0 saturated carbocycles. The molecule has 0 N–H and O–H groups in total. The molecule has 59 heavy (non-hydrogen) atoms. The zero-order valence-electron chi connectivity index (χ0n) is 39.8. The summed E-state index contributed by atoms with van der Waals surface area (Å²) in [7, 11) is 0. The molecular formula is C53H100O6. The van der Waals surface area contributed by atoms with Gasteiger partial charge in [-0.3, -0.25) is 14.4 Å². The third-order valence-electron chi connectivity index (χ3n) is 11.8. The molecule has 348 valence electrons. The minimum absolute atomic E-state index is 0.0675. The second-order valence-electron chi connectivity index (χ2n) is 17.8. The molecule has 1 atom stereocenters. The predicted molar refractivity (Wildman–Crippen MR) is 252 cm³/mol. The summed E-state index contributed by atoms with van der Waals surface area (Å²) in [6, 6.07) is 0. The van der Waals surface area contributed by atoms with Gasteiger partial charge in [-0.25, -0.2) is 0 Å². The van der Waals surface area contributed by atoms with Crippen molar-refractivity contribution < 1.29 is 28.6 Å². The zero-order chi connectivity index (χ0) is 43.0. The Hall–Kier alpha value is -1.85. The van der Waals surface area contributed by atoms with E-state index in [0.717, 1.165) is 64.2 Å². The Kier molecular flexibility index (Phi) is 47.3. The van der Waals surface area contributed by atoms with Crippen molar-refractivity contribution in [2.75, 3.05) is 13.2 Å². The van der Waals surface area contributed by atoms with Crippen molar-refractivity contribution >= 4 is 17.9 Å². The van der Waals surface area contributed by atoms with Gasteiger partial charge < -0.3 is 14.2 Å². The summed E-state index contributed by atoms with van der Waals surface area (Å²) in [6.45, 7) is 6.62. The maximum absolute atomic E-state index is 12.8. The molecular weight excluding hydrogens is 733 g/mol. The molecule has 0 rings (SSSR count). The minimum atomic E-state index is -0.765. The maximum Gasteiger partial charge on any atom is 0.306 e. The molecule has 0 unspecified atom stereocenters. The fourth-order valence-corrected chi connectivity index (χ4v) is 7.78. The largest absolute Gasteiger partial charge is 0.462 e. The number of esters is 3. The van der Waals surface area contributed by atoms with Gasteiger partial charge in [-0.15, -0.1) is 0 Å². The van der Waals surface area contributed by atoms with Crippen molar-refractivity contribution in [2.45, 2.75) is 297 Å². The molecule has 0 bridgehead atoms. The van der Waals surface area contributed by atoms with Crippen LogP contribution >= 0.6 is 0 Å². The van der Waals surface area contributed by atoms with Crippen LogP contribution < -0.4 is 0 Å². The van der Waals surface area contributed by atoms with Crippen molar-refractivity contribution in [3.05, 3.63) is 12.2 Å². The van der Waals surface area contributed by atoms with Gasteiger partial charge in [0.25, 0.3) is 0 Å². The van der Waals surface area contributed by atoms with E-state index in [2.05, 4.69) is 32.9 Å². The standard InChI is InChI=1S/C53H100O6/c1-4-7-10-13-16-19-22-23-24-25-26-27-28-29-32-35-38-41-44-47-53(56)59-50(48-57-51(54)45-42-39-36-33-30-20-17-14-11-8-5-2)49-58-52(55)46-43-40-37-34-31-21-18-15-12-9-6-3/h14,17,50H,4-13,15-16,18-49H2,1-3H3/b17-14-/t50-/m1/s1. The van der Waals surface area contributed by atoms with Gasteiger partial charge in [0.2, 0.25) is 0 Å². The molecule has 0 aliphatic heterocycles. The van der Waals surface area contributed by atoms with Gasteiger partial charge in [0.1, 0.15) is 13.2 Å². The Morgan fingerprint density at radius 3 is 0.898 bits per heavy atom. The highest BCUT2D eigenvalue weighted by molar-refractivity contribution is 5.71. The first-order valence-electron chi connectivity index (χ1n) is 26.2. The monoisotopic (exact) mass is 833 g/mol. The van der Waals surface area contributed by atoms with Crippen molar-refractivity contribution in [1.82, 2.24) is 0 Å². The molecule has 6 nitrogen and oxygen atoms in total. The van der Waals surface area contributed by atoms with Gasteiger partial charge in [0.05, 0.1) is 0 Å². The predicted octanol–water partition coefficient (Wildman–Crippen LogP) is 17.0. The fraction of sp³-hybridized carbons (Fsp3) is 0.906. The Bertz CT molecular complexity index is 916. The lowest BCUT2D eigenvalue weighted by Crippen LogP contribution is -2.30. The molecule has 0 aromatic rings. The molecule has 0 amide bonds. The Labute approximate surface area is 367 Å². The highest BCUT2D eigenvalue weighted by Crippen LogP contribution is 2.17. The van der Waals surface area contributed by atoms with E-state index >= 15 is 0 Å². The number of unbranched alkanes of at least 4 members (excludes halogenated alkanes) is 35. The Morgan fingerprint density at radius 2 is 0.576 bits per heavy atom. The number of carbonyl (C=O) groups is 3. The van der Waals surface area contributed by atoms with E-state index in [9.17, 15) is 14.4 Å². The number of hydrogen-bond donors (Lipinski definition) is 0. The van der Waals surface area contributed by atoms with Crippen molar-refractivity contribution in [1.29, 1.82) is 0 Å². The first kappa shape index (κ1) is 57.1. The summed E-state index contributed by atoms with van der Waals surface area (Å²) in [5.41, 5.74) is 0. The summed E-state index contributed by atoms with van der Waals surface area (Å²) in [4.78, 5) is 37.9. The first-order chi connectivity index (χ1) is 29.0. The fourth-order valence-electron chi connectivity index (χ4n) is 7.78. The van der Waals surface area contributed by atoms with E-state index in [4.69, 9.17) is 14.2 Å². The smallest absolute Gasteiger partial charge is 0.306 e. The highest BCUT2D eigenvalue weighted by atomic mass is 16.6. The molecule has 0 spiro atoms.